The van der Waals surface area contributed by atoms with Gasteiger partial charge in [0.25, 0.3) is 0 Å². The highest BCUT2D eigenvalue weighted by atomic mass is 16.3. The molecule has 0 aliphatic rings. The first kappa shape index (κ1) is 22.9. The van der Waals surface area contributed by atoms with Gasteiger partial charge in [-0.1, -0.05) is 93.9 Å². The highest BCUT2D eigenvalue weighted by molar-refractivity contribution is 5.00. The molecule has 2 atom stereocenters. The van der Waals surface area contributed by atoms with Crippen molar-refractivity contribution in [2.45, 2.75) is 119 Å². The molecule has 0 aliphatic carbocycles. The van der Waals surface area contributed by atoms with E-state index < -0.39 is 17.6 Å². The Labute approximate surface area is 146 Å². The van der Waals surface area contributed by atoms with Gasteiger partial charge in [-0.2, -0.15) is 0 Å². The molecular formula is C21H44O2. The summed E-state index contributed by atoms with van der Waals surface area (Å²) in [5, 5.41) is 22.5. The lowest BCUT2D eigenvalue weighted by Gasteiger charge is -2.51. The first-order chi connectivity index (χ1) is 10.4. The monoisotopic (exact) mass is 328 g/mol. The lowest BCUT2D eigenvalue weighted by atomic mass is 9.58. The summed E-state index contributed by atoms with van der Waals surface area (Å²) in [4.78, 5) is 0. The third kappa shape index (κ3) is 6.74. The summed E-state index contributed by atoms with van der Waals surface area (Å²) in [6.07, 6.45) is 7.76. The molecule has 2 heteroatoms. The van der Waals surface area contributed by atoms with Crippen LogP contribution in [0.5, 0.6) is 0 Å². The molecule has 23 heavy (non-hydrogen) atoms. The van der Waals surface area contributed by atoms with Crippen LogP contribution in [0.15, 0.2) is 0 Å². The molecule has 0 heterocycles. The third-order valence-corrected chi connectivity index (χ3v) is 5.22. The molecule has 0 bridgehead atoms. The van der Waals surface area contributed by atoms with Gasteiger partial charge in [-0.25, -0.2) is 0 Å². The zero-order chi connectivity index (χ0) is 18.3. The van der Waals surface area contributed by atoms with E-state index in [0.29, 0.717) is 0 Å². The van der Waals surface area contributed by atoms with Gasteiger partial charge in [-0.05, 0) is 23.7 Å². The minimum absolute atomic E-state index is 0.218. The number of aliphatic hydroxyl groups excluding tert-OH is 2. The third-order valence-electron chi connectivity index (χ3n) is 5.22. The summed E-state index contributed by atoms with van der Waals surface area (Å²) in [6, 6.07) is 0. The van der Waals surface area contributed by atoms with Crippen LogP contribution in [0, 0.1) is 16.2 Å². The van der Waals surface area contributed by atoms with E-state index in [1.54, 1.807) is 0 Å². The molecule has 0 spiro atoms. The zero-order valence-corrected chi connectivity index (χ0v) is 17.2. The van der Waals surface area contributed by atoms with Gasteiger partial charge in [0, 0.05) is 5.41 Å². The van der Waals surface area contributed by atoms with Gasteiger partial charge in [0.15, 0.2) is 0 Å². The van der Waals surface area contributed by atoms with Crippen LogP contribution in [0.25, 0.3) is 0 Å². The summed E-state index contributed by atoms with van der Waals surface area (Å²) in [5.41, 5.74) is -0.838. The van der Waals surface area contributed by atoms with Crippen LogP contribution in [-0.2, 0) is 0 Å². The molecule has 0 rings (SSSR count). The Hall–Kier alpha value is -0.0800. The lowest BCUT2D eigenvalue weighted by Crippen LogP contribution is -2.55. The van der Waals surface area contributed by atoms with E-state index in [0.717, 1.165) is 32.1 Å². The Bertz CT molecular complexity index is 289. The number of hydrogen-bond acceptors (Lipinski definition) is 2. The summed E-state index contributed by atoms with van der Waals surface area (Å²) in [7, 11) is 0. The maximum absolute atomic E-state index is 11.3. The van der Waals surface area contributed by atoms with Crippen LogP contribution in [0.4, 0.5) is 0 Å². The van der Waals surface area contributed by atoms with E-state index in [1.165, 1.54) is 19.3 Å². The molecule has 2 N–H and O–H groups in total. The quantitative estimate of drug-likeness (QED) is 0.487. The number of unbranched alkanes of at least 4 members (excludes halogenated alkanes) is 4. The Balaban J connectivity index is 5.61. The topological polar surface area (TPSA) is 40.5 Å². The van der Waals surface area contributed by atoms with Crippen molar-refractivity contribution in [1.82, 2.24) is 0 Å². The molecule has 0 radical (unpaired) electrons. The maximum Gasteiger partial charge on any atom is 0.0669 e. The van der Waals surface area contributed by atoms with Crippen molar-refractivity contribution < 1.29 is 10.2 Å². The highest BCUT2D eigenvalue weighted by Crippen LogP contribution is 2.49. The summed E-state index contributed by atoms with van der Waals surface area (Å²) in [6.45, 7) is 17.0. The van der Waals surface area contributed by atoms with E-state index in [-0.39, 0.29) is 10.8 Å². The van der Waals surface area contributed by atoms with Gasteiger partial charge in [-0.15, -0.1) is 0 Å². The molecule has 0 saturated carbocycles. The molecule has 0 saturated heterocycles. The predicted molar refractivity (Wildman–Crippen MR) is 102 cm³/mol. The molecule has 2 nitrogen and oxygen atoms in total. The molecule has 0 fully saturated rings. The molecule has 2 unspecified atom stereocenters. The number of rotatable bonds is 10. The molecule has 0 aromatic carbocycles. The molecule has 0 aliphatic heterocycles. The van der Waals surface area contributed by atoms with Crippen molar-refractivity contribution in [2.75, 3.05) is 0 Å². The van der Waals surface area contributed by atoms with E-state index in [2.05, 4.69) is 55.4 Å². The maximum atomic E-state index is 11.3. The fraction of sp³-hybridized carbons (Fsp3) is 1.00. The number of aliphatic hydroxyl groups is 2. The second-order valence-electron chi connectivity index (χ2n) is 9.68. The molecular weight excluding hydrogens is 284 g/mol. The van der Waals surface area contributed by atoms with E-state index in [1.807, 2.05) is 0 Å². The number of hydrogen-bond donors (Lipinski definition) is 2. The highest BCUT2D eigenvalue weighted by Gasteiger charge is 2.51. The summed E-state index contributed by atoms with van der Waals surface area (Å²) in [5.74, 6) is 0. The van der Waals surface area contributed by atoms with Crippen molar-refractivity contribution in [3.05, 3.63) is 0 Å². The second-order valence-corrected chi connectivity index (χ2v) is 9.68. The fourth-order valence-corrected chi connectivity index (χ4v) is 3.93. The Kier molecular flexibility index (Phi) is 9.38. The van der Waals surface area contributed by atoms with Gasteiger partial charge < -0.3 is 10.2 Å². The average Bonchev–Trinajstić information content (AvgIpc) is 2.43. The van der Waals surface area contributed by atoms with Crippen LogP contribution in [0.1, 0.15) is 107 Å². The Morgan fingerprint density at radius 1 is 0.609 bits per heavy atom. The van der Waals surface area contributed by atoms with E-state index >= 15 is 0 Å². The lowest BCUT2D eigenvalue weighted by molar-refractivity contribution is -0.157. The Morgan fingerprint density at radius 2 is 1.00 bits per heavy atom. The summed E-state index contributed by atoms with van der Waals surface area (Å²) >= 11 is 0. The first-order valence-corrected chi connectivity index (χ1v) is 9.79. The smallest absolute Gasteiger partial charge is 0.0669 e. The van der Waals surface area contributed by atoms with Gasteiger partial charge in [0.05, 0.1) is 12.2 Å². The van der Waals surface area contributed by atoms with Crippen molar-refractivity contribution in [3.8, 4) is 0 Å². The molecule has 0 aromatic rings. The minimum atomic E-state index is -0.489. The van der Waals surface area contributed by atoms with Crippen LogP contribution >= 0.6 is 0 Å². The van der Waals surface area contributed by atoms with Crippen LogP contribution in [0.3, 0.4) is 0 Å². The standard InChI is InChI=1S/C21H44O2/c1-9-11-13-14-16-21(15-12-10-2,17(22)19(3,4)5)18(23)20(6,7)8/h17-18,22-23H,9-16H2,1-8H3. The molecule has 140 valence electrons. The first-order valence-electron chi connectivity index (χ1n) is 9.79. The fourth-order valence-electron chi connectivity index (χ4n) is 3.93. The van der Waals surface area contributed by atoms with Crippen molar-refractivity contribution in [2.24, 2.45) is 16.2 Å². The largest absolute Gasteiger partial charge is 0.392 e. The van der Waals surface area contributed by atoms with Gasteiger partial charge in [0.1, 0.15) is 0 Å². The van der Waals surface area contributed by atoms with Gasteiger partial charge in [-0.3, -0.25) is 0 Å². The summed E-state index contributed by atoms with van der Waals surface area (Å²) < 4.78 is 0. The van der Waals surface area contributed by atoms with Gasteiger partial charge in [0.2, 0.25) is 0 Å². The minimum Gasteiger partial charge on any atom is -0.392 e. The van der Waals surface area contributed by atoms with Crippen molar-refractivity contribution >= 4 is 0 Å². The normalized spacial score (nSPS) is 18.5. The van der Waals surface area contributed by atoms with E-state index in [9.17, 15) is 10.2 Å². The van der Waals surface area contributed by atoms with E-state index in [4.69, 9.17) is 0 Å². The zero-order valence-electron chi connectivity index (χ0n) is 17.2. The van der Waals surface area contributed by atoms with Crippen LogP contribution < -0.4 is 0 Å². The average molecular weight is 329 g/mol. The Morgan fingerprint density at radius 3 is 1.35 bits per heavy atom. The van der Waals surface area contributed by atoms with Crippen LogP contribution in [0.2, 0.25) is 0 Å². The van der Waals surface area contributed by atoms with Crippen molar-refractivity contribution in [3.63, 3.8) is 0 Å². The van der Waals surface area contributed by atoms with Crippen LogP contribution in [-0.4, -0.2) is 22.4 Å². The second kappa shape index (κ2) is 9.42. The van der Waals surface area contributed by atoms with Gasteiger partial charge >= 0.3 is 0 Å². The molecule has 0 amide bonds. The molecule has 0 aromatic heterocycles. The SMILES string of the molecule is CCCCCCC(CCCC)(C(O)C(C)(C)C)C(O)C(C)(C)C. The predicted octanol–water partition coefficient (Wildman–Crippen LogP) is 5.95. The van der Waals surface area contributed by atoms with Crippen molar-refractivity contribution in [1.29, 1.82) is 0 Å².